The van der Waals surface area contributed by atoms with Gasteiger partial charge in [0, 0.05) is 0 Å². The molecule has 0 aliphatic carbocycles. The van der Waals surface area contributed by atoms with Crippen molar-refractivity contribution in [2.24, 2.45) is 5.92 Å². The molecule has 0 spiro atoms. The van der Waals surface area contributed by atoms with E-state index in [1.54, 1.807) is 0 Å². The van der Waals surface area contributed by atoms with Crippen LogP contribution in [0.25, 0.3) is 0 Å². The fourth-order valence-electron chi connectivity index (χ4n) is 1.32. The first-order valence-electron chi connectivity index (χ1n) is 4.96. The van der Waals surface area contributed by atoms with Gasteiger partial charge < -0.3 is 10.4 Å². The van der Waals surface area contributed by atoms with E-state index in [4.69, 9.17) is 5.11 Å². The summed E-state index contributed by atoms with van der Waals surface area (Å²) in [5, 5.41) is 12.0. The van der Waals surface area contributed by atoms with Gasteiger partial charge in [0.1, 0.15) is 0 Å². The fraction of sp³-hybridized carbons (Fsp3) is 0.600. The number of anilines is 1. The van der Waals surface area contributed by atoms with E-state index in [1.165, 1.54) is 0 Å². The molecule has 1 atom stereocenters. The fourth-order valence-corrected chi connectivity index (χ4v) is 1.32. The summed E-state index contributed by atoms with van der Waals surface area (Å²) in [6.45, 7) is 4.14. The number of aromatic nitrogens is 2. The molecule has 0 amide bonds. The van der Waals surface area contributed by atoms with Crippen LogP contribution >= 0.6 is 0 Å². The Bertz CT molecular complexity index is 289. The molecule has 4 nitrogen and oxygen atoms in total. The van der Waals surface area contributed by atoms with E-state index in [9.17, 15) is 4.39 Å². The van der Waals surface area contributed by atoms with Crippen molar-refractivity contribution >= 4 is 5.95 Å². The number of nitrogens with one attached hydrogen (secondary N) is 1. The van der Waals surface area contributed by atoms with Gasteiger partial charge in [-0.25, -0.2) is 14.4 Å². The van der Waals surface area contributed by atoms with E-state index in [-0.39, 0.29) is 12.6 Å². The third-order valence-electron chi connectivity index (χ3n) is 1.93. The summed E-state index contributed by atoms with van der Waals surface area (Å²) in [4.78, 5) is 7.53. The molecule has 0 bridgehead atoms. The van der Waals surface area contributed by atoms with Gasteiger partial charge in [0.05, 0.1) is 25.0 Å². The zero-order valence-electron chi connectivity index (χ0n) is 8.94. The Kier molecular flexibility index (Phi) is 4.42. The second-order valence-electron chi connectivity index (χ2n) is 3.88. The largest absolute Gasteiger partial charge is 0.394 e. The predicted octanol–water partition coefficient (Wildman–Crippen LogP) is 1.43. The molecule has 0 saturated carbocycles. The Morgan fingerprint density at radius 3 is 2.47 bits per heavy atom. The molecule has 0 radical (unpaired) electrons. The minimum absolute atomic E-state index is 0.0128. The van der Waals surface area contributed by atoms with Crippen molar-refractivity contribution in [2.45, 2.75) is 26.3 Å². The summed E-state index contributed by atoms with van der Waals surface area (Å²) in [5.74, 6) is 0.344. The van der Waals surface area contributed by atoms with Crippen LogP contribution in [0.3, 0.4) is 0 Å². The first-order chi connectivity index (χ1) is 7.11. The maximum Gasteiger partial charge on any atom is 0.223 e. The Morgan fingerprint density at radius 1 is 1.40 bits per heavy atom. The smallest absolute Gasteiger partial charge is 0.223 e. The van der Waals surface area contributed by atoms with Gasteiger partial charge in [-0.05, 0) is 12.3 Å². The standard InChI is InChI=1S/C10H16FN3O/c1-7(2)3-9(6-15)14-10-12-4-8(11)5-13-10/h4-5,7,9,15H,3,6H2,1-2H3,(H,12,13,14). The van der Waals surface area contributed by atoms with Crippen LogP contribution in [-0.4, -0.2) is 27.7 Å². The van der Waals surface area contributed by atoms with Crippen molar-refractivity contribution in [2.75, 3.05) is 11.9 Å². The van der Waals surface area contributed by atoms with Gasteiger partial charge >= 0.3 is 0 Å². The quantitative estimate of drug-likeness (QED) is 0.777. The number of aliphatic hydroxyl groups is 1. The average molecular weight is 213 g/mol. The molecule has 1 aromatic rings. The van der Waals surface area contributed by atoms with Crippen LogP contribution in [0.5, 0.6) is 0 Å². The first-order valence-corrected chi connectivity index (χ1v) is 4.96. The molecule has 0 aliphatic heterocycles. The second-order valence-corrected chi connectivity index (χ2v) is 3.88. The van der Waals surface area contributed by atoms with E-state index in [0.29, 0.717) is 11.9 Å². The highest BCUT2D eigenvalue weighted by molar-refractivity contribution is 5.24. The number of halogens is 1. The summed E-state index contributed by atoms with van der Waals surface area (Å²) < 4.78 is 12.5. The molecule has 0 fully saturated rings. The summed E-state index contributed by atoms with van der Waals surface area (Å²) >= 11 is 0. The zero-order chi connectivity index (χ0) is 11.3. The Hall–Kier alpha value is -1.23. The van der Waals surface area contributed by atoms with Crippen LogP contribution in [0, 0.1) is 11.7 Å². The minimum atomic E-state index is -0.468. The van der Waals surface area contributed by atoms with E-state index >= 15 is 0 Å². The predicted molar refractivity (Wildman–Crippen MR) is 55.9 cm³/mol. The summed E-state index contributed by atoms with van der Waals surface area (Å²) in [5.41, 5.74) is 0. The second kappa shape index (κ2) is 5.60. The highest BCUT2D eigenvalue weighted by Gasteiger charge is 2.10. The lowest BCUT2D eigenvalue weighted by atomic mass is 10.0. The monoisotopic (exact) mass is 213 g/mol. The van der Waals surface area contributed by atoms with Crippen molar-refractivity contribution in [3.05, 3.63) is 18.2 Å². The molecule has 15 heavy (non-hydrogen) atoms. The van der Waals surface area contributed by atoms with Gasteiger partial charge in [-0.15, -0.1) is 0 Å². The van der Waals surface area contributed by atoms with Crippen molar-refractivity contribution in [1.29, 1.82) is 0 Å². The van der Waals surface area contributed by atoms with Crippen LogP contribution < -0.4 is 5.32 Å². The number of hydrogen-bond acceptors (Lipinski definition) is 4. The van der Waals surface area contributed by atoms with Crippen molar-refractivity contribution in [3.63, 3.8) is 0 Å². The van der Waals surface area contributed by atoms with Gasteiger partial charge in [-0.2, -0.15) is 0 Å². The summed E-state index contributed by atoms with van der Waals surface area (Å²) in [7, 11) is 0. The molecule has 1 heterocycles. The lowest BCUT2D eigenvalue weighted by Crippen LogP contribution is -2.26. The molecule has 0 aliphatic rings. The van der Waals surface area contributed by atoms with Crippen molar-refractivity contribution in [3.8, 4) is 0 Å². The van der Waals surface area contributed by atoms with Crippen LogP contribution in [0.1, 0.15) is 20.3 Å². The van der Waals surface area contributed by atoms with Crippen LogP contribution in [0.15, 0.2) is 12.4 Å². The molecule has 2 N–H and O–H groups in total. The molecule has 0 saturated heterocycles. The summed E-state index contributed by atoms with van der Waals surface area (Å²) in [6.07, 6.45) is 3.01. The third-order valence-corrected chi connectivity index (χ3v) is 1.93. The molecule has 0 aromatic carbocycles. The molecule has 84 valence electrons. The molecular formula is C10H16FN3O. The van der Waals surface area contributed by atoms with E-state index in [1.807, 2.05) is 0 Å². The lowest BCUT2D eigenvalue weighted by Gasteiger charge is -2.17. The molecule has 5 heteroatoms. The van der Waals surface area contributed by atoms with Gasteiger partial charge in [-0.3, -0.25) is 0 Å². The Morgan fingerprint density at radius 2 is 2.00 bits per heavy atom. The molecular weight excluding hydrogens is 197 g/mol. The van der Waals surface area contributed by atoms with Gasteiger partial charge in [0.15, 0.2) is 5.82 Å². The van der Waals surface area contributed by atoms with Crippen molar-refractivity contribution < 1.29 is 9.50 Å². The SMILES string of the molecule is CC(C)CC(CO)Nc1ncc(F)cn1. The normalized spacial score (nSPS) is 12.9. The summed E-state index contributed by atoms with van der Waals surface area (Å²) in [6, 6.07) is -0.0875. The highest BCUT2D eigenvalue weighted by atomic mass is 19.1. The lowest BCUT2D eigenvalue weighted by molar-refractivity contribution is 0.259. The van der Waals surface area contributed by atoms with Gasteiger partial charge in [0.25, 0.3) is 0 Å². The molecule has 1 unspecified atom stereocenters. The zero-order valence-corrected chi connectivity index (χ0v) is 8.94. The average Bonchev–Trinajstić information content (AvgIpc) is 2.19. The number of hydrogen-bond donors (Lipinski definition) is 2. The van der Waals surface area contributed by atoms with Gasteiger partial charge in [-0.1, -0.05) is 13.8 Å². The number of nitrogens with zero attached hydrogens (tertiary/aromatic N) is 2. The number of rotatable bonds is 5. The molecule has 1 rings (SSSR count). The maximum absolute atomic E-state index is 12.5. The van der Waals surface area contributed by atoms with Crippen LogP contribution in [-0.2, 0) is 0 Å². The van der Waals surface area contributed by atoms with E-state index in [0.717, 1.165) is 18.8 Å². The first kappa shape index (κ1) is 11.8. The van der Waals surface area contributed by atoms with Crippen molar-refractivity contribution in [1.82, 2.24) is 9.97 Å². The van der Waals surface area contributed by atoms with Gasteiger partial charge in [0.2, 0.25) is 5.95 Å². The Balaban J connectivity index is 2.54. The van der Waals surface area contributed by atoms with E-state index < -0.39 is 5.82 Å². The minimum Gasteiger partial charge on any atom is -0.394 e. The van der Waals surface area contributed by atoms with Crippen LogP contribution in [0.2, 0.25) is 0 Å². The topological polar surface area (TPSA) is 58.0 Å². The van der Waals surface area contributed by atoms with E-state index in [2.05, 4.69) is 29.1 Å². The van der Waals surface area contributed by atoms with Crippen LogP contribution in [0.4, 0.5) is 10.3 Å². The highest BCUT2D eigenvalue weighted by Crippen LogP contribution is 2.08. The molecule has 1 aromatic heterocycles. The Labute approximate surface area is 88.6 Å². The number of aliphatic hydroxyl groups excluding tert-OH is 1. The third kappa shape index (κ3) is 4.20. The maximum atomic E-state index is 12.5.